The topological polar surface area (TPSA) is 85.2 Å². The standard InChI is InChI=1S/C14H13BrN2O4S/c1-22(20,21)12-4-2-3-11(7-12)16-13(18)9-17-8-10(15)5-6-14(17)19/h2-8H,9H2,1H3,(H,16,18). The van der Waals surface area contributed by atoms with E-state index in [0.717, 1.165) is 6.26 Å². The molecule has 0 saturated heterocycles. The van der Waals surface area contributed by atoms with E-state index in [0.29, 0.717) is 10.2 Å². The quantitative estimate of drug-likeness (QED) is 0.868. The van der Waals surface area contributed by atoms with Gasteiger partial charge in [0.05, 0.1) is 4.90 Å². The summed E-state index contributed by atoms with van der Waals surface area (Å²) in [5.74, 6) is -0.425. The Kier molecular flexibility index (Phi) is 4.82. The van der Waals surface area contributed by atoms with Gasteiger partial charge < -0.3 is 9.88 Å². The number of pyridine rings is 1. The molecule has 0 unspecified atom stereocenters. The second-order valence-electron chi connectivity index (χ2n) is 4.66. The van der Waals surface area contributed by atoms with Crippen LogP contribution in [0.25, 0.3) is 0 Å². The first kappa shape index (κ1) is 16.4. The number of sulfone groups is 1. The smallest absolute Gasteiger partial charge is 0.251 e. The summed E-state index contributed by atoms with van der Waals surface area (Å²) in [7, 11) is -3.35. The highest BCUT2D eigenvalue weighted by Crippen LogP contribution is 2.15. The lowest BCUT2D eigenvalue weighted by Gasteiger charge is -2.08. The van der Waals surface area contributed by atoms with E-state index in [-0.39, 0.29) is 17.0 Å². The van der Waals surface area contributed by atoms with Crippen molar-refractivity contribution in [3.8, 4) is 0 Å². The molecule has 1 heterocycles. The number of carbonyl (C=O) groups excluding carboxylic acids is 1. The zero-order chi connectivity index (χ0) is 16.3. The minimum atomic E-state index is -3.35. The van der Waals surface area contributed by atoms with Crippen molar-refractivity contribution in [2.75, 3.05) is 11.6 Å². The van der Waals surface area contributed by atoms with Crippen LogP contribution in [0.5, 0.6) is 0 Å². The van der Waals surface area contributed by atoms with E-state index in [9.17, 15) is 18.0 Å². The molecule has 0 bridgehead atoms. The van der Waals surface area contributed by atoms with E-state index < -0.39 is 15.7 Å². The van der Waals surface area contributed by atoms with Gasteiger partial charge in [0.1, 0.15) is 6.54 Å². The molecule has 2 aromatic rings. The second kappa shape index (κ2) is 6.45. The summed E-state index contributed by atoms with van der Waals surface area (Å²) in [4.78, 5) is 23.7. The molecule has 0 saturated carbocycles. The number of benzene rings is 1. The predicted molar refractivity (Wildman–Crippen MR) is 86.6 cm³/mol. The van der Waals surface area contributed by atoms with Gasteiger partial charge in [-0.15, -0.1) is 0 Å². The van der Waals surface area contributed by atoms with Crippen LogP contribution in [0.15, 0.2) is 56.8 Å². The zero-order valence-electron chi connectivity index (χ0n) is 11.6. The van der Waals surface area contributed by atoms with E-state index in [1.165, 1.54) is 35.0 Å². The van der Waals surface area contributed by atoms with Gasteiger partial charge in [-0.1, -0.05) is 6.07 Å². The molecule has 0 aliphatic heterocycles. The van der Waals surface area contributed by atoms with Gasteiger partial charge in [-0.2, -0.15) is 0 Å². The Morgan fingerprint density at radius 2 is 2.00 bits per heavy atom. The maximum atomic E-state index is 12.0. The summed E-state index contributed by atoms with van der Waals surface area (Å²) in [6.45, 7) is -0.165. The molecule has 1 amide bonds. The van der Waals surface area contributed by atoms with Crippen LogP contribution in [0.2, 0.25) is 0 Å². The SMILES string of the molecule is CS(=O)(=O)c1cccc(NC(=O)Cn2cc(Br)ccc2=O)c1. The highest BCUT2D eigenvalue weighted by molar-refractivity contribution is 9.10. The molecule has 6 nitrogen and oxygen atoms in total. The molecule has 0 aliphatic rings. The largest absolute Gasteiger partial charge is 0.324 e. The van der Waals surface area contributed by atoms with Crippen molar-refractivity contribution < 1.29 is 13.2 Å². The van der Waals surface area contributed by atoms with E-state index in [1.54, 1.807) is 12.1 Å². The van der Waals surface area contributed by atoms with E-state index in [2.05, 4.69) is 21.2 Å². The fraction of sp³-hybridized carbons (Fsp3) is 0.143. The fourth-order valence-corrected chi connectivity index (χ4v) is 2.83. The Morgan fingerprint density at radius 3 is 2.68 bits per heavy atom. The number of carbonyl (C=O) groups is 1. The summed E-state index contributed by atoms with van der Waals surface area (Å²) >= 11 is 3.23. The van der Waals surface area contributed by atoms with Gasteiger partial charge in [0, 0.05) is 28.7 Å². The maximum absolute atomic E-state index is 12.0. The molecule has 8 heteroatoms. The molecular formula is C14H13BrN2O4S. The Morgan fingerprint density at radius 1 is 1.27 bits per heavy atom. The molecule has 0 atom stereocenters. The van der Waals surface area contributed by atoms with Gasteiger partial charge in [-0.05, 0) is 40.2 Å². The van der Waals surface area contributed by atoms with Crippen molar-refractivity contribution in [3.05, 3.63) is 57.4 Å². The number of anilines is 1. The van der Waals surface area contributed by atoms with E-state index in [1.807, 2.05) is 0 Å². The number of aromatic nitrogens is 1. The Bertz CT molecular complexity index is 874. The number of nitrogens with one attached hydrogen (secondary N) is 1. The summed E-state index contributed by atoms with van der Waals surface area (Å²) in [5, 5.41) is 2.57. The van der Waals surface area contributed by atoms with E-state index >= 15 is 0 Å². The molecule has 0 aliphatic carbocycles. The van der Waals surface area contributed by atoms with Gasteiger partial charge in [0.2, 0.25) is 5.91 Å². The highest BCUT2D eigenvalue weighted by Gasteiger charge is 2.10. The number of rotatable bonds is 4. The van der Waals surface area contributed by atoms with Crippen molar-refractivity contribution in [2.24, 2.45) is 0 Å². The Hall–Kier alpha value is -1.93. The highest BCUT2D eigenvalue weighted by atomic mass is 79.9. The van der Waals surface area contributed by atoms with Gasteiger partial charge in [0.15, 0.2) is 9.84 Å². The van der Waals surface area contributed by atoms with Crippen LogP contribution >= 0.6 is 15.9 Å². The van der Waals surface area contributed by atoms with E-state index in [4.69, 9.17) is 0 Å². The minimum absolute atomic E-state index is 0.116. The van der Waals surface area contributed by atoms with Crippen LogP contribution < -0.4 is 10.9 Å². The zero-order valence-corrected chi connectivity index (χ0v) is 14.0. The lowest BCUT2D eigenvalue weighted by molar-refractivity contribution is -0.116. The average molecular weight is 385 g/mol. The van der Waals surface area contributed by atoms with Crippen molar-refractivity contribution in [1.82, 2.24) is 4.57 Å². The van der Waals surface area contributed by atoms with Gasteiger partial charge in [-0.25, -0.2) is 8.42 Å². The lowest BCUT2D eigenvalue weighted by atomic mass is 10.3. The molecule has 1 aromatic carbocycles. The number of nitrogens with zero attached hydrogens (tertiary/aromatic N) is 1. The van der Waals surface area contributed by atoms with Gasteiger partial charge >= 0.3 is 0 Å². The third-order valence-electron chi connectivity index (χ3n) is 2.81. The molecule has 1 aromatic heterocycles. The minimum Gasteiger partial charge on any atom is -0.324 e. The van der Waals surface area contributed by atoms with Crippen LogP contribution in [0.1, 0.15) is 0 Å². The molecule has 2 rings (SSSR count). The van der Waals surface area contributed by atoms with Crippen molar-refractivity contribution >= 4 is 37.4 Å². The average Bonchev–Trinajstić information content (AvgIpc) is 2.42. The summed E-state index contributed by atoms with van der Waals surface area (Å²) in [5.41, 5.74) is 0.0548. The van der Waals surface area contributed by atoms with Crippen LogP contribution in [-0.2, 0) is 21.2 Å². The number of hydrogen-bond donors (Lipinski definition) is 1. The van der Waals surface area contributed by atoms with Crippen LogP contribution in [0.3, 0.4) is 0 Å². The lowest BCUT2D eigenvalue weighted by Crippen LogP contribution is -2.26. The molecular weight excluding hydrogens is 372 g/mol. The normalized spacial score (nSPS) is 11.2. The van der Waals surface area contributed by atoms with Crippen molar-refractivity contribution in [3.63, 3.8) is 0 Å². The number of amides is 1. The predicted octanol–water partition coefficient (Wildman–Crippen LogP) is 1.65. The first-order valence-electron chi connectivity index (χ1n) is 6.22. The van der Waals surface area contributed by atoms with Crippen molar-refractivity contribution in [1.29, 1.82) is 0 Å². The maximum Gasteiger partial charge on any atom is 0.251 e. The monoisotopic (exact) mass is 384 g/mol. The third kappa shape index (κ3) is 4.28. The fourth-order valence-electron chi connectivity index (χ4n) is 1.79. The second-order valence-corrected chi connectivity index (χ2v) is 7.59. The first-order valence-corrected chi connectivity index (χ1v) is 8.90. The summed E-state index contributed by atoms with van der Waals surface area (Å²) in [6.07, 6.45) is 2.60. The number of halogens is 1. The van der Waals surface area contributed by atoms with Crippen LogP contribution in [0.4, 0.5) is 5.69 Å². The molecule has 0 spiro atoms. The Labute approximate surface area is 135 Å². The number of hydrogen-bond acceptors (Lipinski definition) is 4. The molecule has 22 heavy (non-hydrogen) atoms. The van der Waals surface area contributed by atoms with Crippen LogP contribution in [0, 0.1) is 0 Å². The van der Waals surface area contributed by atoms with Crippen LogP contribution in [-0.4, -0.2) is 25.1 Å². The van der Waals surface area contributed by atoms with Gasteiger partial charge in [0.25, 0.3) is 5.56 Å². The summed E-state index contributed by atoms with van der Waals surface area (Å²) < 4.78 is 24.9. The first-order chi connectivity index (χ1) is 10.3. The molecule has 0 radical (unpaired) electrons. The molecule has 116 valence electrons. The van der Waals surface area contributed by atoms with Gasteiger partial charge in [-0.3, -0.25) is 9.59 Å². The Balaban J connectivity index is 2.16. The third-order valence-corrected chi connectivity index (χ3v) is 4.39. The molecule has 1 N–H and O–H groups in total. The summed E-state index contributed by atoms with van der Waals surface area (Å²) in [6, 6.07) is 8.88. The molecule has 0 fully saturated rings. The van der Waals surface area contributed by atoms with Crippen molar-refractivity contribution in [2.45, 2.75) is 11.4 Å².